The summed E-state index contributed by atoms with van der Waals surface area (Å²) in [6.07, 6.45) is 4.40. The van der Waals surface area contributed by atoms with Crippen molar-refractivity contribution in [2.75, 3.05) is 0 Å². The van der Waals surface area contributed by atoms with Gasteiger partial charge in [-0.15, -0.1) is 10.8 Å². The number of fused-ring (bicyclic) bond motifs is 3. The minimum atomic E-state index is -3.40. The Kier molecular flexibility index (Phi) is 6.90. The largest absolute Gasteiger partial charge is 0.425 e. The summed E-state index contributed by atoms with van der Waals surface area (Å²) in [4.78, 5) is 25.6. The van der Waals surface area contributed by atoms with E-state index < -0.39 is 22.8 Å². The fourth-order valence-corrected chi connectivity index (χ4v) is 5.40. The van der Waals surface area contributed by atoms with E-state index in [0.29, 0.717) is 23.3 Å². The van der Waals surface area contributed by atoms with Gasteiger partial charge in [0.2, 0.25) is 0 Å². The van der Waals surface area contributed by atoms with Gasteiger partial charge in [0.25, 0.3) is 0 Å². The van der Waals surface area contributed by atoms with E-state index in [2.05, 4.69) is 4.72 Å². The molecule has 1 aliphatic carbocycles. The van der Waals surface area contributed by atoms with Crippen molar-refractivity contribution in [1.29, 1.82) is 0 Å². The van der Waals surface area contributed by atoms with Crippen molar-refractivity contribution in [3.8, 4) is 5.75 Å². The molecular formula is C25H29NO6S. The molecule has 0 amide bonds. The second-order valence-electron chi connectivity index (χ2n) is 8.45. The third-order valence-corrected chi connectivity index (χ3v) is 7.49. The summed E-state index contributed by atoms with van der Waals surface area (Å²) < 4.78 is 35.1. The molecule has 1 aromatic heterocycles. The molecule has 0 radical (unpaired) electrons. The topological polar surface area (TPSA) is 109 Å². The van der Waals surface area contributed by atoms with Gasteiger partial charge in [-0.2, -0.15) is 0 Å². The fraction of sp³-hybridized carbons (Fsp3) is 0.360. The molecule has 2 aromatic carbocycles. The highest BCUT2D eigenvalue weighted by Gasteiger charge is 2.28. The molecule has 0 saturated carbocycles. The molecule has 1 aliphatic rings. The van der Waals surface area contributed by atoms with E-state index in [4.69, 9.17) is 9.15 Å². The second-order valence-corrected chi connectivity index (χ2v) is 10.3. The van der Waals surface area contributed by atoms with Crippen molar-refractivity contribution in [2.24, 2.45) is 0 Å². The van der Waals surface area contributed by atoms with E-state index in [1.807, 2.05) is 13.8 Å². The Balaban J connectivity index is 1.55. The van der Waals surface area contributed by atoms with Crippen LogP contribution in [0.25, 0.3) is 11.0 Å². The number of hydrogen-bond acceptors (Lipinski definition) is 7. The highest BCUT2D eigenvalue weighted by Crippen LogP contribution is 2.44. The molecule has 8 heteroatoms. The highest BCUT2D eigenvalue weighted by molar-refractivity contribution is 8.22. The molecule has 3 aromatic rings. The van der Waals surface area contributed by atoms with Crippen LogP contribution < -0.4 is 15.1 Å². The van der Waals surface area contributed by atoms with Crippen LogP contribution in [-0.4, -0.2) is 21.1 Å². The van der Waals surface area contributed by atoms with Crippen LogP contribution in [-0.2, 0) is 17.6 Å². The summed E-state index contributed by atoms with van der Waals surface area (Å²) in [5, 5.41) is 0.858. The van der Waals surface area contributed by atoms with Crippen molar-refractivity contribution in [2.45, 2.75) is 63.3 Å². The Bertz CT molecular complexity index is 1220. The van der Waals surface area contributed by atoms with Crippen molar-refractivity contribution < 1.29 is 23.1 Å². The predicted octanol–water partition coefficient (Wildman–Crippen LogP) is 5.37. The van der Waals surface area contributed by atoms with Gasteiger partial charge in [-0.05, 0) is 62.4 Å². The van der Waals surface area contributed by atoms with E-state index in [1.54, 1.807) is 42.5 Å². The SMILES string of the molecule is CCCCC(NS(O)(O)c1ccc(C)cc1)C(=O)Oc1ccc2c3c(c(=O)oc2c1)CCC3. The molecule has 7 nitrogen and oxygen atoms in total. The molecular weight excluding hydrogens is 442 g/mol. The van der Waals surface area contributed by atoms with Crippen molar-refractivity contribution in [1.82, 2.24) is 4.72 Å². The molecule has 33 heavy (non-hydrogen) atoms. The number of ether oxygens (including phenoxy) is 1. The van der Waals surface area contributed by atoms with Crippen molar-refractivity contribution in [3.63, 3.8) is 0 Å². The maximum absolute atomic E-state index is 13.0. The first-order chi connectivity index (χ1) is 15.8. The van der Waals surface area contributed by atoms with Crippen LogP contribution in [0, 0.1) is 6.92 Å². The Morgan fingerprint density at radius 1 is 1.15 bits per heavy atom. The van der Waals surface area contributed by atoms with E-state index in [0.717, 1.165) is 47.8 Å². The number of aryl methyl sites for hydroxylation is 2. The molecule has 1 heterocycles. The molecule has 3 N–H and O–H groups in total. The first-order valence-electron chi connectivity index (χ1n) is 11.2. The average Bonchev–Trinajstić information content (AvgIpc) is 3.27. The Labute approximate surface area is 194 Å². The van der Waals surface area contributed by atoms with Crippen LogP contribution in [0.4, 0.5) is 0 Å². The Morgan fingerprint density at radius 3 is 2.61 bits per heavy atom. The lowest BCUT2D eigenvalue weighted by atomic mass is 10.1. The van der Waals surface area contributed by atoms with Gasteiger partial charge in [0.15, 0.2) is 0 Å². The lowest BCUT2D eigenvalue weighted by molar-refractivity contribution is -0.136. The van der Waals surface area contributed by atoms with Gasteiger partial charge in [0, 0.05) is 17.0 Å². The van der Waals surface area contributed by atoms with Gasteiger partial charge in [-0.3, -0.25) is 9.11 Å². The maximum Gasteiger partial charge on any atom is 0.339 e. The molecule has 1 unspecified atom stereocenters. The number of rotatable bonds is 8. The summed E-state index contributed by atoms with van der Waals surface area (Å²) in [6.45, 7) is 3.90. The molecule has 4 rings (SSSR count). The van der Waals surface area contributed by atoms with Crippen molar-refractivity contribution in [3.05, 3.63) is 69.6 Å². The quantitative estimate of drug-likeness (QED) is 0.230. The molecule has 0 fully saturated rings. The first kappa shape index (κ1) is 23.5. The van der Waals surface area contributed by atoms with Crippen LogP contribution in [0.5, 0.6) is 5.75 Å². The third kappa shape index (κ3) is 5.14. The number of nitrogens with one attached hydrogen (secondary N) is 1. The minimum Gasteiger partial charge on any atom is -0.425 e. The number of hydrogen-bond donors (Lipinski definition) is 3. The standard InChI is InChI=1S/C25H29NO6S/c1-3-4-8-22(26-33(29,30)18-12-9-16(2)10-13-18)25(28)31-17-11-14-20-19-6-5-7-21(19)24(27)32-23(20)15-17/h9-15,22,26,29-30H,3-8H2,1-2H3. The van der Waals surface area contributed by atoms with E-state index >= 15 is 0 Å². The van der Waals surface area contributed by atoms with E-state index in [-0.39, 0.29) is 11.4 Å². The highest BCUT2D eigenvalue weighted by atomic mass is 32.3. The number of unbranched alkanes of at least 4 members (excludes halogenated alkanes) is 1. The first-order valence-corrected chi connectivity index (χ1v) is 12.8. The fourth-order valence-electron chi connectivity index (χ4n) is 4.14. The Morgan fingerprint density at radius 2 is 1.88 bits per heavy atom. The summed E-state index contributed by atoms with van der Waals surface area (Å²) in [7, 11) is -3.40. The molecule has 0 saturated heterocycles. The zero-order valence-electron chi connectivity index (χ0n) is 18.8. The smallest absolute Gasteiger partial charge is 0.339 e. The summed E-state index contributed by atoms with van der Waals surface area (Å²) in [6, 6.07) is 10.9. The van der Waals surface area contributed by atoms with Crippen molar-refractivity contribution >= 4 is 27.7 Å². The molecule has 1 atom stereocenters. The second kappa shape index (κ2) is 9.69. The van der Waals surface area contributed by atoms with Gasteiger partial charge in [-0.1, -0.05) is 37.5 Å². The van der Waals surface area contributed by atoms with Gasteiger partial charge in [0.1, 0.15) is 17.4 Å². The van der Waals surface area contributed by atoms with Crippen LogP contribution in [0.2, 0.25) is 0 Å². The molecule has 0 spiro atoms. The number of esters is 1. The molecule has 0 aliphatic heterocycles. The summed E-state index contributed by atoms with van der Waals surface area (Å²) in [5.74, 6) is -0.387. The normalized spacial score (nSPS) is 14.8. The van der Waals surface area contributed by atoms with Crippen LogP contribution >= 0.6 is 10.8 Å². The summed E-state index contributed by atoms with van der Waals surface area (Å²) >= 11 is 0. The van der Waals surface area contributed by atoms with Crippen LogP contribution in [0.15, 0.2) is 56.6 Å². The van der Waals surface area contributed by atoms with Gasteiger partial charge in [0.05, 0.1) is 4.90 Å². The average molecular weight is 472 g/mol. The zero-order valence-corrected chi connectivity index (χ0v) is 19.6. The lowest BCUT2D eigenvalue weighted by Gasteiger charge is -2.36. The van der Waals surface area contributed by atoms with Crippen LogP contribution in [0.3, 0.4) is 0 Å². The van der Waals surface area contributed by atoms with Crippen LogP contribution in [0.1, 0.15) is 49.3 Å². The number of benzene rings is 2. The van der Waals surface area contributed by atoms with Gasteiger partial charge >= 0.3 is 11.6 Å². The van der Waals surface area contributed by atoms with Gasteiger partial charge < -0.3 is 9.15 Å². The minimum absolute atomic E-state index is 0.240. The molecule has 176 valence electrons. The lowest BCUT2D eigenvalue weighted by Crippen LogP contribution is -2.41. The number of carbonyl (C=O) groups excluding carboxylic acids is 1. The number of carbonyl (C=O) groups is 1. The zero-order chi connectivity index (χ0) is 23.6. The Hall–Kier alpha value is -2.65. The maximum atomic E-state index is 13.0. The van der Waals surface area contributed by atoms with E-state index in [9.17, 15) is 18.7 Å². The van der Waals surface area contributed by atoms with Gasteiger partial charge in [-0.25, -0.2) is 14.3 Å². The third-order valence-electron chi connectivity index (χ3n) is 5.95. The monoisotopic (exact) mass is 471 g/mol. The predicted molar refractivity (Wildman–Crippen MR) is 129 cm³/mol. The molecule has 0 bridgehead atoms. The van der Waals surface area contributed by atoms with E-state index in [1.165, 1.54) is 0 Å². The summed E-state index contributed by atoms with van der Waals surface area (Å²) in [5.41, 5.74) is 2.77.